The lowest BCUT2D eigenvalue weighted by molar-refractivity contribution is 0.0533. The van der Waals surface area contributed by atoms with Crippen molar-refractivity contribution in [1.29, 1.82) is 0 Å². The second kappa shape index (κ2) is 6.14. The van der Waals surface area contributed by atoms with Crippen molar-refractivity contribution in [2.24, 2.45) is 0 Å². The molecule has 0 saturated carbocycles. The lowest BCUT2D eigenvalue weighted by atomic mass is 10.1. The number of benzene rings is 1. The van der Waals surface area contributed by atoms with Crippen molar-refractivity contribution in [2.75, 3.05) is 6.61 Å². The molecule has 0 N–H and O–H groups in total. The number of esters is 1. The monoisotopic (exact) mass is 334 g/mol. The number of ether oxygens (including phenoxy) is 1. The molecule has 0 radical (unpaired) electrons. The van der Waals surface area contributed by atoms with E-state index in [0.29, 0.717) is 37.7 Å². The topological polar surface area (TPSA) is 26.3 Å². The fourth-order valence-corrected chi connectivity index (χ4v) is 3.05. The Kier molecular flexibility index (Phi) is 4.74. The zero-order chi connectivity index (χ0) is 14.0. The van der Waals surface area contributed by atoms with Crippen molar-refractivity contribution in [3.63, 3.8) is 0 Å². The van der Waals surface area contributed by atoms with E-state index in [1.165, 1.54) is 11.3 Å². The highest BCUT2D eigenvalue weighted by Crippen LogP contribution is 2.38. The molecule has 0 unspecified atom stereocenters. The van der Waals surface area contributed by atoms with Crippen LogP contribution in [-0.2, 0) is 4.74 Å². The molecule has 2 nitrogen and oxygen atoms in total. The Labute approximate surface area is 129 Å². The van der Waals surface area contributed by atoms with Crippen molar-refractivity contribution >= 4 is 52.1 Å². The maximum atomic E-state index is 11.8. The van der Waals surface area contributed by atoms with Gasteiger partial charge in [-0.15, -0.1) is 11.3 Å². The molecule has 1 aromatic heterocycles. The molecule has 0 aliphatic heterocycles. The minimum Gasteiger partial charge on any atom is -0.462 e. The molecule has 0 saturated heterocycles. The van der Waals surface area contributed by atoms with Crippen LogP contribution in [0.4, 0.5) is 0 Å². The fourth-order valence-electron chi connectivity index (χ4n) is 1.61. The van der Waals surface area contributed by atoms with E-state index in [-0.39, 0.29) is 5.97 Å². The Bertz CT molecular complexity index is 622. The lowest BCUT2D eigenvalue weighted by Gasteiger charge is -2.07. The molecule has 2 aromatic rings. The highest BCUT2D eigenvalue weighted by Gasteiger charge is 2.18. The van der Waals surface area contributed by atoms with Crippen LogP contribution < -0.4 is 0 Å². The van der Waals surface area contributed by atoms with Gasteiger partial charge in [-0.05, 0) is 30.5 Å². The number of carbonyl (C=O) groups excluding carboxylic acids is 1. The number of halogens is 3. The first-order valence-corrected chi connectivity index (χ1v) is 7.45. The summed E-state index contributed by atoms with van der Waals surface area (Å²) in [6, 6.07) is 5.02. The number of carbonyl (C=O) groups is 1. The van der Waals surface area contributed by atoms with Crippen LogP contribution in [-0.4, -0.2) is 12.6 Å². The molecule has 100 valence electrons. The molecule has 0 bridgehead atoms. The van der Waals surface area contributed by atoms with Crippen molar-refractivity contribution in [1.82, 2.24) is 0 Å². The minimum absolute atomic E-state index is 0.325. The Morgan fingerprint density at radius 3 is 2.53 bits per heavy atom. The normalized spacial score (nSPS) is 10.5. The van der Waals surface area contributed by atoms with Crippen molar-refractivity contribution < 1.29 is 9.53 Å². The van der Waals surface area contributed by atoms with Gasteiger partial charge in [0.25, 0.3) is 0 Å². The zero-order valence-corrected chi connectivity index (χ0v) is 13.0. The third kappa shape index (κ3) is 3.06. The molecular weight excluding hydrogens is 327 g/mol. The van der Waals surface area contributed by atoms with Crippen molar-refractivity contribution in [2.45, 2.75) is 6.92 Å². The molecular formula is C13H9Cl3O2S. The first-order chi connectivity index (χ1) is 9.04. The molecule has 0 aliphatic carbocycles. The van der Waals surface area contributed by atoms with Gasteiger partial charge in [0.1, 0.15) is 4.88 Å². The summed E-state index contributed by atoms with van der Waals surface area (Å²) < 4.78 is 5.01. The summed E-state index contributed by atoms with van der Waals surface area (Å²) in [5.74, 6) is -0.366. The third-order valence-corrected chi connectivity index (χ3v) is 4.36. The van der Waals surface area contributed by atoms with Crippen LogP contribution in [0.2, 0.25) is 15.1 Å². The summed E-state index contributed by atoms with van der Waals surface area (Å²) in [6.45, 7) is 2.09. The molecule has 0 aliphatic rings. The fraction of sp³-hybridized carbons (Fsp3) is 0.154. The van der Waals surface area contributed by atoms with Crippen LogP contribution in [0, 0.1) is 0 Å². The molecule has 1 heterocycles. The molecule has 0 spiro atoms. The van der Waals surface area contributed by atoms with Gasteiger partial charge < -0.3 is 4.74 Å². The van der Waals surface area contributed by atoms with Gasteiger partial charge in [-0.3, -0.25) is 0 Å². The summed E-state index contributed by atoms with van der Waals surface area (Å²) in [4.78, 5) is 12.4. The smallest absolute Gasteiger partial charge is 0.348 e. The molecule has 19 heavy (non-hydrogen) atoms. The second-order valence-corrected chi connectivity index (χ2v) is 5.77. The highest BCUT2D eigenvalue weighted by atomic mass is 35.5. The summed E-state index contributed by atoms with van der Waals surface area (Å²) in [5.41, 5.74) is 1.37. The SMILES string of the molecule is CCOC(=O)c1sccc1-c1cc(Cl)c(Cl)cc1Cl. The number of rotatable bonds is 3. The van der Waals surface area contributed by atoms with E-state index in [1.807, 2.05) is 6.07 Å². The van der Waals surface area contributed by atoms with Crippen LogP contribution in [0.5, 0.6) is 0 Å². The standard InChI is InChI=1S/C13H9Cl3O2S/c1-2-18-13(17)12-7(3-4-19-12)8-5-10(15)11(16)6-9(8)14/h3-6H,2H2,1H3. The molecule has 0 amide bonds. The van der Waals surface area contributed by atoms with Gasteiger partial charge in [0, 0.05) is 11.1 Å². The van der Waals surface area contributed by atoms with Crippen LogP contribution in [0.15, 0.2) is 23.6 Å². The first kappa shape index (κ1) is 14.7. The zero-order valence-electron chi connectivity index (χ0n) is 9.88. The number of hydrogen-bond acceptors (Lipinski definition) is 3. The Morgan fingerprint density at radius 2 is 1.84 bits per heavy atom. The highest BCUT2D eigenvalue weighted by molar-refractivity contribution is 7.12. The van der Waals surface area contributed by atoms with Crippen molar-refractivity contribution in [3.05, 3.63) is 43.5 Å². The molecule has 0 fully saturated rings. The molecule has 1 aromatic carbocycles. The summed E-state index contributed by atoms with van der Waals surface area (Å²) in [7, 11) is 0. The van der Waals surface area contributed by atoms with E-state index in [1.54, 1.807) is 24.4 Å². The van der Waals surface area contributed by atoms with Crippen LogP contribution in [0.1, 0.15) is 16.6 Å². The predicted octanol–water partition coefficient (Wildman–Crippen LogP) is 5.55. The van der Waals surface area contributed by atoms with Gasteiger partial charge in [0.15, 0.2) is 0 Å². The second-order valence-electron chi connectivity index (χ2n) is 3.63. The summed E-state index contributed by atoms with van der Waals surface area (Å²) >= 11 is 19.3. The minimum atomic E-state index is -0.366. The Hall–Kier alpha value is -0.740. The van der Waals surface area contributed by atoms with Gasteiger partial charge in [-0.25, -0.2) is 4.79 Å². The van der Waals surface area contributed by atoms with Gasteiger partial charge in [-0.1, -0.05) is 34.8 Å². The molecule has 0 atom stereocenters. The van der Waals surface area contributed by atoms with Gasteiger partial charge in [0.2, 0.25) is 0 Å². The van der Waals surface area contributed by atoms with E-state index in [0.717, 1.165) is 0 Å². The summed E-state index contributed by atoms with van der Waals surface area (Å²) in [6.07, 6.45) is 0. The van der Waals surface area contributed by atoms with E-state index in [4.69, 9.17) is 39.5 Å². The van der Waals surface area contributed by atoms with Gasteiger partial charge in [-0.2, -0.15) is 0 Å². The quantitative estimate of drug-likeness (QED) is 0.543. The van der Waals surface area contributed by atoms with Gasteiger partial charge >= 0.3 is 5.97 Å². The largest absolute Gasteiger partial charge is 0.462 e. The maximum Gasteiger partial charge on any atom is 0.348 e. The third-order valence-electron chi connectivity index (χ3n) is 2.43. The summed E-state index contributed by atoms with van der Waals surface area (Å²) in [5, 5.41) is 3.02. The van der Waals surface area contributed by atoms with Crippen LogP contribution >= 0.6 is 46.1 Å². The molecule has 6 heteroatoms. The number of thiophene rings is 1. The molecule has 2 rings (SSSR count). The van der Waals surface area contributed by atoms with Crippen molar-refractivity contribution in [3.8, 4) is 11.1 Å². The van der Waals surface area contributed by atoms with E-state index in [2.05, 4.69) is 0 Å². The van der Waals surface area contributed by atoms with E-state index >= 15 is 0 Å². The van der Waals surface area contributed by atoms with Crippen LogP contribution in [0.25, 0.3) is 11.1 Å². The van der Waals surface area contributed by atoms with E-state index in [9.17, 15) is 4.79 Å². The Morgan fingerprint density at radius 1 is 1.16 bits per heavy atom. The predicted molar refractivity (Wildman–Crippen MR) is 80.7 cm³/mol. The average molecular weight is 336 g/mol. The average Bonchev–Trinajstić information content (AvgIpc) is 2.83. The van der Waals surface area contributed by atoms with Crippen LogP contribution in [0.3, 0.4) is 0 Å². The Balaban J connectivity index is 2.51. The van der Waals surface area contributed by atoms with E-state index < -0.39 is 0 Å². The van der Waals surface area contributed by atoms with Gasteiger partial charge in [0.05, 0.1) is 21.7 Å². The number of hydrogen-bond donors (Lipinski definition) is 0. The maximum absolute atomic E-state index is 11.8. The lowest BCUT2D eigenvalue weighted by Crippen LogP contribution is -2.03. The first-order valence-electron chi connectivity index (χ1n) is 5.44.